The van der Waals surface area contributed by atoms with Crippen LogP contribution in [0.2, 0.25) is 5.02 Å². The number of aryl methyl sites for hydroxylation is 1. The van der Waals surface area contributed by atoms with E-state index in [1.165, 1.54) is 6.07 Å². The minimum absolute atomic E-state index is 0.0332. The Hall–Kier alpha value is -2.34. The highest BCUT2D eigenvalue weighted by molar-refractivity contribution is 6.31. The lowest BCUT2D eigenvalue weighted by Gasteiger charge is -2.18. The van der Waals surface area contributed by atoms with Crippen LogP contribution in [-0.4, -0.2) is 33.9 Å². The molecule has 1 atom stereocenters. The molecule has 3 rings (SSSR count). The fourth-order valence-corrected chi connectivity index (χ4v) is 3.38. The third-order valence-electron chi connectivity index (χ3n) is 4.42. The molecule has 2 heterocycles. The number of aromatic nitrogens is 2. The zero-order valence-corrected chi connectivity index (χ0v) is 14.1. The zero-order chi connectivity index (χ0) is 17.3. The van der Waals surface area contributed by atoms with Gasteiger partial charge in [-0.15, -0.1) is 0 Å². The van der Waals surface area contributed by atoms with E-state index >= 15 is 0 Å². The van der Waals surface area contributed by atoms with Gasteiger partial charge >= 0.3 is 0 Å². The summed E-state index contributed by atoms with van der Waals surface area (Å²) in [6.45, 7) is 3.13. The summed E-state index contributed by atoms with van der Waals surface area (Å²) in [5.41, 5.74) is 7.84. The van der Waals surface area contributed by atoms with E-state index in [0.29, 0.717) is 23.8 Å². The van der Waals surface area contributed by atoms with E-state index in [2.05, 4.69) is 9.97 Å². The van der Waals surface area contributed by atoms with Gasteiger partial charge in [0, 0.05) is 30.1 Å². The number of carbonyl (C=O) groups is 1. The number of likely N-dealkylation sites (tertiary alicyclic amines) is 1. The number of benzene rings is 1. The van der Waals surface area contributed by atoms with Gasteiger partial charge < -0.3 is 10.6 Å². The summed E-state index contributed by atoms with van der Waals surface area (Å²) in [6.07, 6.45) is 1.05. The molecule has 1 aliphatic heterocycles. The fourth-order valence-electron chi connectivity index (χ4n) is 3.09. The molecule has 1 aromatic heterocycles. The second-order valence-corrected chi connectivity index (χ2v) is 6.50. The largest absolute Gasteiger partial charge is 0.369 e. The summed E-state index contributed by atoms with van der Waals surface area (Å²) in [5.74, 6) is 0.173. The van der Waals surface area contributed by atoms with Crippen LogP contribution in [-0.2, 0) is 11.2 Å². The smallest absolute Gasteiger partial charge is 0.252 e. The van der Waals surface area contributed by atoms with Gasteiger partial charge in [-0.25, -0.2) is 4.98 Å². The molecule has 1 fully saturated rings. The molecule has 0 radical (unpaired) electrons. The van der Waals surface area contributed by atoms with Crippen LogP contribution in [0.5, 0.6) is 0 Å². The number of nitrogens with zero attached hydrogens (tertiary/aromatic N) is 2. The highest BCUT2D eigenvalue weighted by atomic mass is 35.5. The third kappa shape index (κ3) is 3.43. The van der Waals surface area contributed by atoms with Gasteiger partial charge in [0.15, 0.2) is 0 Å². The number of aromatic amines is 1. The molecule has 1 aromatic carbocycles. The maximum atomic E-state index is 12.6. The van der Waals surface area contributed by atoms with Gasteiger partial charge in [-0.1, -0.05) is 23.7 Å². The average molecular weight is 347 g/mol. The standard InChI is InChI=1S/C17H19ClN4O2/c1-10-3-2-4-13(18)12(10)7-16(24)22-6-5-11(9-22)14-8-15(23)21-17(19)20-14/h2-4,8,11H,5-7,9H2,1H3,(H3,19,20,21,23). The number of halogens is 1. The summed E-state index contributed by atoms with van der Waals surface area (Å²) < 4.78 is 0. The van der Waals surface area contributed by atoms with Crippen molar-refractivity contribution >= 4 is 23.5 Å². The molecule has 24 heavy (non-hydrogen) atoms. The normalized spacial score (nSPS) is 17.2. The summed E-state index contributed by atoms with van der Waals surface area (Å²) in [4.78, 5) is 32.5. The van der Waals surface area contributed by atoms with Crippen LogP contribution in [0.3, 0.4) is 0 Å². The molecule has 0 aliphatic carbocycles. The van der Waals surface area contributed by atoms with Crippen LogP contribution in [0.25, 0.3) is 0 Å². The number of rotatable bonds is 3. The lowest BCUT2D eigenvalue weighted by atomic mass is 10.0. The maximum Gasteiger partial charge on any atom is 0.252 e. The van der Waals surface area contributed by atoms with Gasteiger partial charge in [0.25, 0.3) is 5.56 Å². The van der Waals surface area contributed by atoms with Gasteiger partial charge in [-0.3, -0.25) is 14.6 Å². The van der Waals surface area contributed by atoms with Crippen molar-refractivity contribution in [3.05, 3.63) is 56.5 Å². The van der Waals surface area contributed by atoms with Gasteiger partial charge in [-0.2, -0.15) is 0 Å². The molecule has 1 aliphatic rings. The highest BCUT2D eigenvalue weighted by Crippen LogP contribution is 2.27. The van der Waals surface area contributed by atoms with Crippen molar-refractivity contribution < 1.29 is 4.79 Å². The topological polar surface area (TPSA) is 92.1 Å². The Balaban J connectivity index is 1.71. The predicted molar refractivity (Wildman–Crippen MR) is 93.1 cm³/mol. The Morgan fingerprint density at radius 1 is 1.50 bits per heavy atom. The number of hydrogen-bond donors (Lipinski definition) is 2. The predicted octanol–water partition coefficient (Wildman–Crippen LogP) is 1.87. The molecule has 0 bridgehead atoms. The Labute approximate surface area is 144 Å². The number of anilines is 1. The van der Waals surface area contributed by atoms with Crippen LogP contribution < -0.4 is 11.3 Å². The lowest BCUT2D eigenvalue weighted by molar-refractivity contribution is -0.129. The van der Waals surface area contributed by atoms with Crippen molar-refractivity contribution in [3.63, 3.8) is 0 Å². The lowest BCUT2D eigenvalue weighted by Crippen LogP contribution is -2.30. The second kappa shape index (κ2) is 6.65. The van der Waals surface area contributed by atoms with E-state index in [1.54, 1.807) is 11.0 Å². The van der Waals surface area contributed by atoms with Crippen LogP contribution >= 0.6 is 11.6 Å². The quantitative estimate of drug-likeness (QED) is 0.887. The number of nitrogen functional groups attached to an aromatic ring is 1. The van der Waals surface area contributed by atoms with Crippen molar-refractivity contribution in [2.45, 2.75) is 25.7 Å². The molecule has 2 aromatic rings. The first kappa shape index (κ1) is 16.5. The van der Waals surface area contributed by atoms with E-state index in [4.69, 9.17) is 17.3 Å². The molecule has 0 spiro atoms. The number of amides is 1. The Morgan fingerprint density at radius 2 is 2.29 bits per heavy atom. The minimum Gasteiger partial charge on any atom is -0.369 e. The first-order valence-electron chi connectivity index (χ1n) is 7.82. The van der Waals surface area contributed by atoms with E-state index in [1.807, 2.05) is 19.1 Å². The molecule has 1 amide bonds. The van der Waals surface area contributed by atoms with Crippen molar-refractivity contribution in [3.8, 4) is 0 Å². The fraction of sp³-hybridized carbons (Fsp3) is 0.353. The van der Waals surface area contributed by atoms with Gasteiger partial charge in [0.2, 0.25) is 11.9 Å². The van der Waals surface area contributed by atoms with Crippen LogP contribution in [0, 0.1) is 6.92 Å². The summed E-state index contributed by atoms with van der Waals surface area (Å²) in [6, 6.07) is 7.07. The third-order valence-corrected chi connectivity index (χ3v) is 4.77. The molecule has 1 unspecified atom stereocenters. The Bertz CT molecular complexity index is 813. The minimum atomic E-state index is -0.269. The Morgan fingerprint density at radius 3 is 3.00 bits per heavy atom. The molecule has 0 saturated carbocycles. The van der Waals surface area contributed by atoms with Crippen molar-refractivity contribution in [2.75, 3.05) is 18.8 Å². The van der Waals surface area contributed by atoms with Gasteiger partial charge in [0.1, 0.15) is 0 Å². The number of hydrogen-bond acceptors (Lipinski definition) is 4. The van der Waals surface area contributed by atoms with Crippen LogP contribution in [0.4, 0.5) is 5.95 Å². The van der Waals surface area contributed by atoms with Crippen LogP contribution in [0.1, 0.15) is 29.2 Å². The molecule has 7 heteroatoms. The van der Waals surface area contributed by atoms with E-state index < -0.39 is 0 Å². The average Bonchev–Trinajstić information content (AvgIpc) is 3.00. The maximum absolute atomic E-state index is 12.6. The molecule has 6 nitrogen and oxygen atoms in total. The van der Waals surface area contributed by atoms with E-state index in [9.17, 15) is 9.59 Å². The molecule has 126 valence electrons. The molecule has 3 N–H and O–H groups in total. The van der Waals surface area contributed by atoms with Gasteiger partial charge in [-0.05, 0) is 30.5 Å². The van der Waals surface area contributed by atoms with E-state index in [0.717, 1.165) is 17.5 Å². The van der Waals surface area contributed by atoms with Gasteiger partial charge in [0.05, 0.1) is 12.1 Å². The first-order valence-corrected chi connectivity index (χ1v) is 8.20. The Kier molecular flexibility index (Phi) is 4.57. The number of nitrogens with two attached hydrogens (primary N) is 1. The zero-order valence-electron chi connectivity index (χ0n) is 13.4. The van der Waals surface area contributed by atoms with Crippen molar-refractivity contribution in [1.82, 2.24) is 14.9 Å². The molecule has 1 saturated heterocycles. The molecular formula is C17H19ClN4O2. The summed E-state index contributed by atoms with van der Waals surface area (Å²) >= 11 is 6.21. The van der Waals surface area contributed by atoms with Crippen molar-refractivity contribution in [1.29, 1.82) is 0 Å². The number of nitrogens with one attached hydrogen (secondary N) is 1. The van der Waals surface area contributed by atoms with Crippen molar-refractivity contribution in [2.24, 2.45) is 0 Å². The SMILES string of the molecule is Cc1cccc(Cl)c1CC(=O)N1CCC(c2cc(=O)[nH]c(N)n2)C1. The monoisotopic (exact) mass is 346 g/mol. The molecular weight excluding hydrogens is 328 g/mol. The number of carbonyl (C=O) groups excluding carboxylic acids is 1. The highest BCUT2D eigenvalue weighted by Gasteiger charge is 2.29. The van der Waals surface area contributed by atoms with E-state index in [-0.39, 0.29) is 29.8 Å². The first-order chi connectivity index (χ1) is 11.4. The second-order valence-electron chi connectivity index (χ2n) is 6.09. The summed E-state index contributed by atoms with van der Waals surface area (Å²) in [7, 11) is 0. The summed E-state index contributed by atoms with van der Waals surface area (Å²) in [5, 5.41) is 0.614. The number of H-pyrrole nitrogens is 1. The van der Waals surface area contributed by atoms with Crippen LogP contribution in [0.15, 0.2) is 29.1 Å².